The van der Waals surface area contributed by atoms with E-state index in [4.69, 9.17) is 4.74 Å². The van der Waals surface area contributed by atoms with Gasteiger partial charge in [0.05, 0.1) is 11.2 Å². The molecule has 0 saturated heterocycles. The number of nitrogens with zero attached hydrogens (tertiary/aromatic N) is 1. The molecule has 5 aromatic carbocycles. The first-order valence-corrected chi connectivity index (χ1v) is 11.3. The molecule has 0 radical (unpaired) electrons. The summed E-state index contributed by atoms with van der Waals surface area (Å²) in [6.45, 7) is 0. The summed E-state index contributed by atoms with van der Waals surface area (Å²) in [6.07, 6.45) is -0.239. The van der Waals surface area contributed by atoms with Gasteiger partial charge < -0.3 is 4.74 Å². The van der Waals surface area contributed by atoms with Gasteiger partial charge in [-0.05, 0) is 28.5 Å². The van der Waals surface area contributed by atoms with Gasteiger partial charge in [0.15, 0.2) is 0 Å². The highest BCUT2D eigenvalue weighted by molar-refractivity contribution is 6.11. The lowest BCUT2D eigenvalue weighted by Crippen LogP contribution is -2.22. The van der Waals surface area contributed by atoms with Crippen LogP contribution < -0.4 is 4.74 Å². The van der Waals surface area contributed by atoms with Crippen LogP contribution in [0.5, 0.6) is 5.75 Å². The van der Waals surface area contributed by atoms with Crippen LogP contribution >= 0.6 is 0 Å². The zero-order valence-electron chi connectivity index (χ0n) is 18.0. The summed E-state index contributed by atoms with van der Waals surface area (Å²) < 4.78 is 9.16. The summed E-state index contributed by atoms with van der Waals surface area (Å²) in [5, 5.41) is 3.67. The normalized spacial score (nSPS) is 14.6. The first-order valence-electron chi connectivity index (χ1n) is 11.3. The number of hydrogen-bond donors (Lipinski definition) is 0. The molecule has 2 heteroatoms. The third-order valence-corrected chi connectivity index (χ3v) is 6.66. The Hall–Kier alpha value is -4.30. The molecule has 6 aromatic rings. The summed E-state index contributed by atoms with van der Waals surface area (Å²) in [5.41, 5.74) is 7.17. The van der Waals surface area contributed by atoms with Crippen LogP contribution in [0.15, 0.2) is 121 Å². The Bertz CT molecular complexity index is 1630. The molecule has 1 atom stereocenters. The Morgan fingerprint density at radius 1 is 0.545 bits per heavy atom. The third kappa shape index (κ3) is 2.68. The molecule has 1 aliphatic heterocycles. The van der Waals surface area contributed by atoms with Crippen LogP contribution in [0.4, 0.5) is 0 Å². The molecule has 156 valence electrons. The number of benzene rings is 5. The lowest BCUT2D eigenvalue weighted by molar-refractivity contribution is 0.174. The highest BCUT2D eigenvalue weighted by atomic mass is 16.5. The van der Waals surface area contributed by atoms with E-state index in [-0.39, 0.29) is 6.23 Å². The van der Waals surface area contributed by atoms with Gasteiger partial charge in [0, 0.05) is 22.1 Å². The molecule has 1 aliphatic rings. The largest absolute Gasteiger partial charge is 0.465 e. The van der Waals surface area contributed by atoms with E-state index < -0.39 is 0 Å². The second-order valence-electron chi connectivity index (χ2n) is 8.52. The number of rotatable bonds is 2. The Morgan fingerprint density at radius 2 is 1.21 bits per heavy atom. The second-order valence-corrected chi connectivity index (χ2v) is 8.52. The van der Waals surface area contributed by atoms with Crippen LogP contribution in [0.25, 0.3) is 44.1 Å². The second kappa shape index (κ2) is 7.11. The summed E-state index contributed by atoms with van der Waals surface area (Å²) >= 11 is 0. The molecule has 0 bridgehead atoms. The minimum absolute atomic E-state index is 0.239. The van der Waals surface area contributed by atoms with E-state index in [1.165, 1.54) is 38.5 Å². The summed E-state index contributed by atoms with van der Waals surface area (Å²) in [7, 11) is 0. The van der Waals surface area contributed by atoms with Gasteiger partial charge >= 0.3 is 0 Å². The van der Waals surface area contributed by atoms with Crippen LogP contribution in [-0.4, -0.2) is 4.57 Å². The first kappa shape index (κ1) is 18.3. The predicted molar refractivity (Wildman–Crippen MR) is 136 cm³/mol. The minimum Gasteiger partial charge on any atom is -0.465 e. The molecule has 0 spiro atoms. The van der Waals surface area contributed by atoms with Crippen molar-refractivity contribution in [2.45, 2.75) is 6.23 Å². The Balaban J connectivity index is 1.68. The molecule has 2 heterocycles. The number of aromatic nitrogens is 1. The fourth-order valence-electron chi connectivity index (χ4n) is 5.25. The summed E-state index contributed by atoms with van der Waals surface area (Å²) in [6, 6.07) is 42.8. The molecular weight excluding hydrogens is 402 g/mol. The zero-order chi connectivity index (χ0) is 21.8. The van der Waals surface area contributed by atoms with E-state index in [0.717, 1.165) is 16.9 Å². The van der Waals surface area contributed by atoms with E-state index in [9.17, 15) is 0 Å². The zero-order valence-corrected chi connectivity index (χ0v) is 18.0. The third-order valence-electron chi connectivity index (χ3n) is 6.66. The highest BCUT2D eigenvalue weighted by Gasteiger charge is 2.33. The standard InChI is InChI=1S/C31H21NO/c1-3-12-22(13-4-1)28-25-17-9-10-18-26(25)32-30(28)29-24-16-8-7-11-21(24)19-20-27(29)33-31(32)23-14-5-2-6-15-23/h1-20,31H/t31-/m0/s1. The molecular formula is C31H21NO. The van der Waals surface area contributed by atoms with E-state index in [2.05, 4.69) is 126 Å². The molecule has 1 aromatic heterocycles. The topological polar surface area (TPSA) is 14.2 Å². The van der Waals surface area contributed by atoms with Crippen molar-refractivity contribution in [2.24, 2.45) is 0 Å². The van der Waals surface area contributed by atoms with Crippen molar-refractivity contribution in [1.82, 2.24) is 4.57 Å². The van der Waals surface area contributed by atoms with Gasteiger partial charge in [0.1, 0.15) is 5.75 Å². The molecule has 33 heavy (non-hydrogen) atoms. The van der Waals surface area contributed by atoms with Crippen molar-refractivity contribution >= 4 is 21.7 Å². The Morgan fingerprint density at radius 3 is 2.03 bits per heavy atom. The van der Waals surface area contributed by atoms with Crippen LogP contribution in [-0.2, 0) is 0 Å². The first-order chi connectivity index (χ1) is 16.4. The monoisotopic (exact) mass is 423 g/mol. The highest BCUT2D eigenvalue weighted by Crippen LogP contribution is 2.52. The van der Waals surface area contributed by atoms with Gasteiger partial charge in [-0.1, -0.05) is 109 Å². The van der Waals surface area contributed by atoms with Crippen molar-refractivity contribution in [3.63, 3.8) is 0 Å². The molecule has 0 aliphatic carbocycles. The van der Waals surface area contributed by atoms with Crippen molar-refractivity contribution in [2.75, 3.05) is 0 Å². The summed E-state index contributed by atoms with van der Waals surface area (Å²) in [4.78, 5) is 0. The predicted octanol–water partition coefficient (Wildman–Crippen LogP) is 8.07. The maximum atomic E-state index is 6.77. The molecule has 0 N–H and O–H groups in total. The van der Waals surface area contributed by atoms with Crippen LogP contribution in [0, 0.1) is 0 Å². The Kier molecular flexibility index (Phi) is 3.94. The van der Waals surface area contributed by atoms with E-state index >= 15 is 0 Å². The van der Waals surface area contributed by atoms with Gasteiger partial charge in [-0.15, -0.1) is 0 Å². The quantitative estimate of drug-likeness (QED) is 0.275. The van der Waals surface area contributed by atoms with Gasteiger partial charge in [-0.3, -0.25) is 4.57 Å². The number of ether oxygens (including phenoxy) is 1. The lowest BCUT2D eigenvalue weighted by atomic mass is 9.93. The molecule has 7 rings (SSSR count). The molecule has 0 amide bonds. The van der Waals surface area contributed by atoms with Crippen molar-refractivity contribution in [3.05, 3.63) is 127 Å². The smallest absolute Gasteiger partial charge is 0.203 e. The number of hydrogen-bond acceptors (Lipinski definition) is 1. The van der Waals surface area contributed by atoms with Gasteiger partial charge in [-0.25, -0.2) is 0 Å². The van der Waals surface area contributed by atoms with E-state index in [0.29, 0.717) is 0 Å². The average molecular weight is 424 g/mol. The van der Waals surface area contributed by atoms with Gasteiger partial charge in [-0.2, -0.15) is 0 Å². The summed E-state index contributed by atoms with van der Waals surface area (Å²) in [5.74, 6) is 0.926. The van der Waals surface area contributed by atoms with Gasteiger partial charge in [0.2, 0.25) is 6.23 Å². The maximum Gasteiger partial charge on any atom is 0.203 e. The van der Waals surface area contributed by atoms with Crippen LogP contribution in [0.3, 0.4) is 0 Å². The van der Waals surface area contributed by atoms with Crippen molar-refractivity contribution < 1.29 is 4.74 Å². The SMILES string of the molecule is c1ccc(-c2c3n(c4ccccc24)[C@H](c2ccccc2)Oc2ccc4ccccc4c2-3)cc1. The number of para-hydroxylation sites is 1. The molecule has 0 saturated carbocycles. The van der Waals surface area contributed by atoms with Gasteiger partial charge in [0.25, 0.3) is 0 Å². The van der Waals surface area contributed by atoms with E-state index in [1.807, 2.05) is 0 Å². The number of fused-ring (bicyclic) bond motifs is 7. The fraction of sp³-hybridized carbons (Fsp3) is 0.0323. The Labute approximate surface area is 192 Å². The van der Waals surface area contributed by atoms with Crippen LogP contribution in [0.2, 0.25) is 0 Å². The molecule has 2 nitrogen and oxygen atoms in total. The maximum absolute atomic E-state index is 6.77. The van der Waals surface area contributed by atoms with Crippen LogP contribution in [0.1, 0.15) is 11.8 Å². The average Bonchev–Trinajstić information content (AvgIpc) is 3.24. The minimum atomic E-state index is -0.239. The van der Waals surface area contributed by atoms with Crippen molar-refractivity contribution in [3.8, 4) is 28.1 Å². The molecule has 0 fully saturated rings. The molecule has 0 unspecified atom stereocenters. The van der Waals surface area contributed by atoms with Crippen molar-refractivity contribution in [1.29, 1.82) is 0 Å². The fourth-order valence-corrected chi connectivity index (χ4v) is 5.25. The lowest BCUT2D eigenvalue weighted by Gasteiger charge is -2.31. The van der Waals surface area contributed by atoms with E-state index in [1.54, 1.807) is 0 Å².